The van der Waals surface area contributed by atoms with Gasteiger partial charge in [-0.15, -0.1) is 10.2 Å². The second kappa shape index (κ2) is 7.31. The van der Waals surface area contributed by atoms with E-state index in [1.165, 1.54) is 52.1 Å². The van der Waals surface area contributed by atoms with Gasteiger partial charge in [-0.2, -0.15) is 0 Å². The lowest BCUT2D eigenvalue weighted by atomic mass is 9.92. The number of sulfone groups is 1. The zero-order chi connectivity index (χ0) is 22.3. The minimum absolute atomic E-state index is 0.00291. The van der Waals surface area contributed by atoms with Crippen LogP contribution in [-0.2, 0) is 15.4 Å². The van der Waals surface area contributed by atoms with Crippen LogP contribution in [0, 0.1) is 5.82 Å². The molecule has 30 heavy (non-hydrogen) atoms. The van der Waals surface area contributed by atoms with Gasteiger partial charge in [0, 0.05) is 17.3 Å². The number of ether oxygens (including phenoxy) is 1. The van der Waals surface area contributed by atoms with Gasteiger partial charge in [0.15, 0.2) is 15.5 Å². The standard InChI is InChI=1S/C19H22FN5O4S/c1-18(2)17(21)23-19(3,10-30(18,27)28)12-9-11(5-6-13(12)20)22-16(26)14-7-8-15(29-4)25-24-14/h5-9H,10H2,1-4H3,(H2,21,23)(H,22,26)/t19-/m0/s1. The molecule has 1 aromatic heterocycles. The lowest BCUT2D eigenvalue weighted by Crippen LogP contribution is -2.55. The number of nitrogens with one attached hydrogen (secondary N) is 1. The van der Waals surface area contributed by atoms with E-state index in [2.05, 4.69) is 20.5 Å². The SMILES string of the molecule is COc1ccc(C(=O)Nc2ccc(F)c([C@]3(C)CS(=O)(=O)C(C)(C)C(N)=N3)c2)nn1. The number of carbonyl (C=O) groups excluding carboxylic acids is 1. The second-order valence-corrected chi connectivity index (χ2v) is 10.2. The number of benzene rings is 1. The van der Waals surface area contributed by atoms with Crippen molar-refractivity contribution in [2.24, 2.45) is 10.7 Å². The van der Waals surface area contributed by atoms with Crippen molar-refractivity contribution in [2.45, 2.75) is 31.1 Å². The van der Waals surface area contributed by atoms with Crippen LogP contribution in [0.5, 0.6) is 5.88 Å². The predicted octanol–water partition coefficient (Wildman–Crippen LogP) is 1.66. The number of amides is 1. The van der Waals surface area contributed by atoms with Gasteiger partial charge in [0.1, 0.15) is 21.9 Å². The molecule has 3 rings (SSSR count). The van der Waals surface area contributed by atoms with Crippen molar-refractivity contribution in [2.75, 3.05) is 18.2 Å². The van der Waals surface area contributed by atoms with E-state index in [9.17, 15) is 17.6 Å². The molecule has 0 radical (unpaired) electrons. The van der Waals surface area contributed by atoms with Crippen LogP contribution in [0.25, 0.3) is 0 Å². The van der Waals surface area contributed by atoms with Crippen LogP contribution in [0.4, 0.5) is 10.1 Å². The van der Waals surface area contributed by atoms with Gasteiger partial charge in [0.05, 0.1) is 12.9 Å². The second-order valence-electron chi connectivity index (χ2n) is 7.65. The van der Waals surface area contributed by atoms with Crippen molar-refractivity contribution in [3.8, 4) is 5.88 Å². The van der Waals surface area contributed by atoms with Gasteiger partial charge in [-0.1, -0.05) is 0 Å². The van der Waals surface area contributed by atoms with E-state index in [0.29, 0.717) is 0 Å². The number of nitrogens with two attached hydrogens (primary N) is 1. The van der Waals surface area contributed by atoms with Crippen LogP contribution in [0.3, 0.4) is 0 Å². The Bertz CT molecular complexity index is 1130. The topological polar surface area (TPSA) is 137 Å². The number of carbonyl (C=O) groups is 1. The van der Waals surface area contributed by atoms with Crippen LogP contribution in [0.15, 0.2) is 35.3 Å². The fraction of sp³-hybridized carbons (Fsp3) is 0.368. The number of hydrogen-bond donors (Lipinski definition) is 2. The quantitative estimate of drug-likeness (QED) is 0.745. The average Bonchev–Trinajstić information content (AvgIpc) is 2.67. The summed E-state index contributed by atoms with van der Waals surface area (Å²) >= 11 is 0. The summed E-state index contributed by atoms with van der Waals surface area (Å²) in [6.07, 6.45) is 0. The first-order valence-corrected chi connectivity index (χ1v) is 10.6. The van der Waals surface area contributed by atoms with Gasteiger partial charge in [-0.25, -0.2) is 12.8 Å². The minimum Gasteiger partial charge on any atom is -0.480 e. The van der Waals surface area contributed by atoms with Gasteiger partial charge >= 0.3 is 0 Å². The third-order valence-electron chi connectivity index (χ3n) is 5.12. The maximum Gasteiger partial charge on any atom is 0.276 e. The first kappa shape index (κ1) is 21.6. The van der Waals surface area contributed by atoms with Crippen molar-refractivity contribution in [3.63, 3.8) is 0 Å². The van der Waals surface area contributed by atoms with Gasteiger partial charge in [-0.3, -0.25) is 9.79 Å². The molecule has 2 aromatic rings. The molecule has 1 aromatic carbocycles. The molecule has 0 saturated carbocycles. The highest BCUT2D eigenvalue weighted by Gasteiger charge is 2.49. The monoisotopic (exact) mass is 435 g/mol. The fourth-order valence-corrected chi connectivity index (χ4v) is 4.73. The van der Waals surface area contributed by atoms with Crippen LogP contribution in [-0.4, -0.2) is 48.0 Å². The largest absolute Gasteiger partial charge is 0.480 e. The number of halogens is 1. The van der Waals surface area contributed by atoms with E-state index >= 15 is 0 Å². The first-order valence-electron chi connectivity index (χ1n) is 8.97. The Morgan fingerprint density at radius 1 is 1.20 bits per heavy atom. The molecule has 0 fully saturated rings. The van der Waals surface area contributed by atoms with E-state index in [1.54, 1.807) is 0 Å². The summed E-state index contributed by atoms with van der Waals surface area (Å²) in [6.45, 7) is 4.42. The summed E-state index contributed by atoms with van der Waals surface area (Å²) in [5.41, 5.74) is 4.75. The first-order chi connectivity index (χ1) is 13.9. The molecule has 1 amide bonds. The third kappa shape index (κ3) is 3.72. The Hall–Kier alpha value is -3.08. The molecule has 0 unspecified atom stereocenters. The lowest BCUT2D eigenvalue weighted by molar-refractivity contribution is 0.102. The van der Waals surface area contributed by atoms with E-state index in [-0.39, 0.29) is 28.7 Å². The Balaban J connectivity index is 1.95. The van der Waals surface area contributed by atoms with E-state index in [4.69, 9.17) is 10.5 Å². The molecule has 160 valence electrons. The summed E-state index contributed by atoms with van der Waals surface area (Å²) in [5, 5.41) is 10.1. The molecular weight excluding hydrogens is 413 g/mol. The normalized spacial score (nSPS) is 22.1. The van der Waals surface area contributed by atoms with Gasteiger partial charge in [0.2, 0.25) is 5.88 Å². The molecule has 1 atom stereocenters. The van der Waals surface area contributed by atoms with Crippen LogP contribution in [0.2, 0.25) is 0 Å². The number of anilines is 1. The Morgan fingerprint density at radius 2 is 1.90 bits per heavy atom. The summed E-state index contributed by atoms with van der Waals surface area (Å²) in [6, 6.07) is 6.73. The highest BCUT2D eigenvalue weighted by Crippen LogP contribution is 2.38. The Labute approximate surface area is 173 Å². The molecule has 0 saturated heterocycles. The summed E-state index contributed by atoms with van der Waals surface area (Å²) < 4.78 is 43.7. The fourth-order valence-electron chi connectivity index (χ4n) is 3.04. The number of rotatable bonds is 4. The van der Waals surface area contributed by atoms with Gasteiger partial charge < -0.3 is 15.8 Å². The molecule has 11 heteroatoms. The highest BCUT2D eigenvalue weighted by atomic mass is 32.2. The molecule has 0 bridgehead atoms. The molecule has 1 aliphatic rings. The molecule has 0 spiro atoms. The van der Waals surface area contributed by atoms with Crippen molar-refractivity contribution < 1.29 is 22.3 Å². The molecule has 3 N–H and O–H groups in total. The summed E-state index contributed by atoms with van der Waals surface area (Å²) in [7, 11) is -2.29. The summed E-state index contributed by atoms with van der Waals surface area (Å²) in [5.74, 6) is -1.51. The molecule has 2 heterocycles. The number of methoxy groups -OCH3 is 1. The number of nitrogens with zero attached hydrogens (tertiary/aromatic N) is 3. The summed E-state index contributed by atoms with van der Waals surface area (Å²) in [4.78, 5) is 16.7. The smallest absolute Gasteiger partial charge is 0.276 e. The maximum atomic E-state index is 14.7. The zero-order valence-electron chi connectivity index (χ0n) is 16.9. The third-order valence-corrected chi connectivity index (χ3v) is 7.83. The number of amidine groups is 1. The highest BCUT2D eigenvalue weighted by molar-refractivity contribution is 7.93. The molecule has 9 nitrogen and oxygen atoms in total. The van der Waals surface area contributed by atoms with E-state index in [0.717, 1.165) is 6.07 Å². The number of hydrogen-bond acceptors (Lipinski definition) is 8. The van der Waals surface area contributed by atoms with Crippen molar-refractivity contribution in [1.29, 1.82) is 0 Å². The molecule has 1 aliphatic heterocycles. The van der Waals surface area contributed by atoms with Gasteiger partial charge in [-0.05, 0) is 45.0 Å². The number of aliphatic imine (C=N–C) groups is 1. The predicted molar refractivity (Wildman–Crippen MR) is 110 cm³/mol. The Morgan fingerprint density at radius 3 is 2.47 bits per heavy atom. The van der Waals surface area contributed by atoms with Gasteiger partial charge in [0.25, 0.3) is 5.91 Å². The van der Waals surface area contributed by atoms with E-state index in [1.807, 2.05) is 0 Å². The average molecular weight is 435 g/mol. The zero-order valence-corrected chi connectivity index (χ0v) is 17.7. The number of aromatic nitrogens is 2. The van der Waals surface area contributed by atoms with Crippen molar-refractivity contribution >= 4 is 27.3 Å². The van der Waals surface area contributed by atoms with Crippen LogP contribution in [0.1, 0.15) is 36.8 Å². The lowest BCUT2D eigenvalue weighted by Gasteiger charge is -2.38. The molecular formula is C19H22FN5O4S. The van der Waals surface area contributed by atoms with Crippen molar-refractivity contribution in [1.82, 2.24) is 10.2 Å². The minimum atomic E-state index is -3.71. The maximum absolute atomic E-state index is 14.7. The Kier molecular flexibility index (Phi) is 5.27. The van der Waals surface area contributed by atoms with Crippen LogP contribution < -0.4 is 15.8 Å². The molecule has 0 aliphatic carbocycles. The van der Waals surface area contributed by atoms with Crippen molar-refractivity contribution in [3.05, 3.63) is 47.4 Å². The van der Waals surface area contributed by atoms with E-state index < -0.39 is 37.6 Å². The van der Waals surface area contributed by atoms with Crippen LogP contribution >= 0.6 is 0 Å².